The molecule has 0 amide bonds. The van der Waals surface area contributed by atoms with E-state index in [4.69, 9.17) is 4.74 Å². The third kappa shape index (κ3) is 3.40. The lowest BCUT2D eigenvalue weighted by atomic mass is 9.44. The summed E-state index contributed by atoms with van der Waals surface area (Å²) in [4.78, 5) is 15.7. The van der Waals surface area contributed by atoms with E-state index in [1.807, 2.05) is 0 Å². The highest BCUT2D eigenvalue weighted by Crippen LogP contribution is 2.68. The molecule has 0 bridgehead atoms. The maximum absolute atomic E-state index is 13.4. The average molecular weight is 418 g/mol. The van der Waals surface area contributed by atoms with E-state index in [1.54, 1.807) is 0 Å². The van der Waals surface area contributed by atoms with Crippen LogP contribution in [0.15, 0.2) is 0 Å². The summed E-state index contributed by atoms with van der Waals surface area (Å²) < 4.78 is 5.47. The molecule has 0 aromatic carbocycles. The zero-order valence-electron chi connectivity index (χ0n) is 19.5. The summed E-state index contributed by atoms with van der Waals surface area (Å²) in [5.74, 6) is 3.80. The first-order valence-electron chi connectivity index (χ1n) is 12.8. The number of morpholine rings is 1. The van der Waals surface area contributed by atoms with Gasteiger partial charge in [0.05, 0.1) is 25.4 Å². The van der Waals surface area contributed by atoms with Crippen molar-refractivity contribution in [3.8, 4) is 0 Å². The summed E-state index contributed by atoms with van der Waals surface area (Å²) in [5, 5.41) is 10.7. The van der Waals surface area contributed by atoms with E-state index >= 15 is 0 Å². The number of hydrogen-bond donors (Lipinski definition) is 1. The first kappa shape index (κ1) is 21.4. The van der Waals surface area contributed by atoms with Crippen molar-refractivity contribution in [2.45, 2.75) is 84.2 Å². The Kier molecular flexibility index (Phi) is 5.39. The van der Waals surface area contributed by atoms with Crippen molar-refractivity contribution in [2.24, 2.45) is 40.4 Å². The fourth-order valence-electron chi connectivity index (χ4n) is 9.05. The minimum Gasteiger partial charge on any atom is -0.390 e. The van der Waals surface area contributed by atoms with E-state index in [0.717, 1.165) is 63.3 Å². The van der Waals surface area contributed by atoms with E-state index in [1.165, 1.54) is 38.5 Å². The van der Waals surface area contributed by atoms with Crippen LogP contribution in [0.5, 0.6) is 0 Å². The van der Waals surface area contributed by atoms with Gasteiger partial charge in [-0.3, -0.25) is 9.69 Å². The standard InChI is InChI=1S/C26H43NO3/c1-24(29)10-11-25(2)18(16-24)4-5-19-20-6-7-22(26(20,3)9-8-21(19)25)23(28)17-27-12-14-30-15-13-27/h18-22,29H,4-17H2,1-3H3/t18-,19-,20-,21-,22+,24+,25-,26-/m0/s1. The molecule has 1 heterocycles. The number of carbonyl (C=O) groups excluding carboxylic acids is 1. The molecule has 1 N–H and O–H groups in total. The number of carbonyl (C=O) groups is 1. The van der Waals surface area contributed by atoms with Crippen molar-refractivity contribution >= 4 is 5.78 Å². The number of Topliss-reactive ketones (excluding diaryl/α,β-unsaturated/α-hetero) is 1. The Hall–Kier alpha value is -0.450. The minimum absolute atomic E-state index is 0.216. The lowest BCUT2D eigenvalue weighted by molar-refractivity contribution is -0.151. The predicted molar refractivity (Wildman–Crippen MR) is 118 cm³/mol. The molecule has 4 nitrogen and oxygen atoms in total. The van der Waals surface area contributed by atoms with Crippen molar-refractivity contribution < 1.29 is 14.6 Å². The van der Waals surface area contributed by atoms with Crippen molar-refractivity contribution in [1.82, 2.24) is 4.90 Å². The summed E-state index contributed by atoms with van der Waals surface area (Å²) in [6.07, 6.45) is 10.7. The second-order valence-electron chi connectivity index (χ2n) is 12.4. The van der Waals surface area contributed by atoms with Crippen LogP contribution < -0.4 is 0 Å². The number of hydrogen-bond acceptors (Lipinski definition) is 4. The summed E-state index contributed by atoms with van der Waals surface area (Å²) in [6, 6.07) is 0. The Balaban J connectivity index is 1.31. The smallest absolute Gasteiger partial charge is 0.150 e. The third-order valence-electron chi connectivity index (χ3n) is 10.8. The quantitative estimate of drug-likeness (QED) is 0.744. The van der Waals surface area contributed by atoms with Crippen molar-refractivity contribution in [2.75, 3.05) is 32.8 Å². The van der Waals surface area contributed by atoms with E-state index in [0.29, 0.717) is 23.7 Å². The van der Waals surface area contributed by atoms with E-state index in [-0.39, 0.29) is 11.3 Å². The van der Waals surface area contributed by atoms with Crippen molar-refractivity contribution in [3.05, 3.63) is 0 Å². The van der Waals surface area contributed by atoms with Crippen molar-refractivity contribution in [3.63, 3.8) is 0 Å². The van der Waals surface area contributed by atoms with Gasteiger partial charge in [-0.25, -0.2) is 0 Å². The van der Waals surface area contributed by atoms with Gasteiger partial charge in [-0.05, 0) is 99.2 Å². The topological polar surface area (TPSA) is 49.8 Å². The van der Waals surface area contributed by atoms with Crippen LogP contribution in [-0.2, 0) is 9.53 Å². The highest BCUT2D eigenvalue weighted by molar-refractivity contribution is 5.84. The third-order valence-corrected chi connectivity index (χ3v) is 10.8. The maximum Gasteiger partial charge on any atom is 0.150 e. The predicted octanol–water partition coefficient (Wildman–Crippen LogP) is 4.30. The molecule has 5 fully saturated rings. The summed E-state index contributed by atoms with van der Waals surface area (Å²) in [6.45, 7) is 11.1. The van der Waals surface area contributed by atoms with Crippen LogP contribution >= 0.6 is 0 Å². The lowest BCUT2D eigenvalue weighted by Gasteiger charge is -2.61. The normalized spacial score (nSPS) is 51.7. The maximum atomic E-state index is 13.4. The zero-order chi connectivity index (χ0) is 21.1. The van der Waals surface area contributed by atoms with Gasteiger partial charge < -0.3 is 9.84 Å². The van der Waals surface area contributed by atoms with Gasteiger partial charge in [-0.2, -0.15) is 0 Å². The molecule has 0 unspecified atom stereocenters. The molecule has 5 rings (SSSR count). The van der Waals surface area contributed by atoms with Crippen LogP contribution in [0.4, 0.5) is 0 Å². The number of ether oxygens (including phenoxy) is 1. The number of nitrogens with zero attached hydrogens (tertiary/aromatic N) is 1. The SMILES string of the molecule is C[C@@]1(O)CC[C@@]2(C)[C@@H](CC[C@@H]3[C@@H]2CC[C@]2(C)[C@@H](C(=O)CN4CCOCC4)CC[C@@H]32)C1. The number of rotatable bonds is 3. The van der Waals surface area contributed by atoms with E-state index in [2.05, 4.69) is 25.7 Å². The molecule has 4 saturated carbocycles. The molecule has 0 aromatic rings. The highest BCUT2D eigenvalue weighted by atomic mass is 16.5. The summed E-state index contributed by atoms with van der Waals surface area (Å²) in [7, 11) is 0. The molecule has 4 aliphatic carbocycles. The Morgan fingerprint density at radius 2 is 1.67 bits per heavy atom. The average Bonchev–Trinajstić information content (AvgIpc) is 3.06. The zero-order valence-corrected chi connectivity index (χ0v) is 19.5. The van der Waals surface area contributed by atoms with Gasteiger partial charge >= 0.3 is 0 Å². The molecular weight excluding hydrogens is 374 g/mol. The van der Waals surface area contributed by atoms with Crippen LogP contribution in [0.2, 0.25) is 0 Å². The first-order valence-corrected chi connectivity index (χ1v) is 12.8. The molecule has 0 spiro atoms. The van der Waals surface area contributed by atoms with Gasteiger partial charge in [0.2, 0.25) is 0 Å². The molecule has 5 aliphatic rings. The van der Waals surface area contributed by atoms with E-state index < -0.39 is 5.60 Å². The van der Waals surface area contributed by atoms with Gasteiger partial charge in [0.25, 0.3) is 0 Å². The van der Waals surface area contributed by atoms with Crippen LogP contribution in [0.25, 0.3) is 0 Å². The summed E-state index contributed by atoms with van der Waals surface area (Å²) >= 11 is 0. The molecule has 0 radical (unpaired) electrons. The fraction of sp³-hybridized carbons (Fsp3) is 0.962. The Morgan fingerprint density at radius 3 is 2.43 bits per heavy atom. The molecule has 0 aromatic heterocycles. The molecule has 170 valence electrons. The van der Waals surface area contributed by atoms with Crippen LogP contribution in [0.1, 0.15) is 78.6 Å². The van der Waals surface area contributed by atoms with Gasteiger partial charge in [-0.15, -0.1) is 0 Å². The van der Waals surface area contributed by atoms with E-state index in [9.17, 15) is 9.90 Å². The van der Waals surface area contributed by atoms with Gasteiger partial charge in [0.1, 0.15) is 5.78 Å². The van der Waals surface area contributed by atoms with Crippen LogP contribution in [0, 0.1) is 40.4 Å². The molecule has 8 atom stereocenters. The largest absolute Gasteiger partial charge is 0.390 e. The van der Waals surface area contributed by atoms with Crippen LogP contribution in [-0.4, -0.2) is 54.2 Å². The molecule has 1 saturated heterocycles. The van der Waals surface area contributed by atoms with Crippen LogP contribution in [0.3, 0.4) is 0 Å². The molecular formula is C26H43NO3. The lowest BCUT2D eigenvalue weighted by Crippen LogP contribution is -2.56. The fourth-order valence-corrected chi connectivity index (χ4v) is 9.05. The first-order chi connectivity index (χ1) is 14.2. The van der Waals surface area contributed by atoms with Gasteiger partial charge in [-0.1, -0.05) is 13.8 Å². The second kappa shape index (κ2) is 7.56. The highest BCUT2D eigenvalue weighted by Gasteiger charge is 2.61. The van der Waals surface area contributed by atoms with Gasteiger partial charge in [0.15, 0.2) is 0 Å². The monoisotopic (exact) mass is 417 g/mol. The van der Waals surface area contributed by atoms with Gasteiger partial charge in [0, 0.05) is 19.0 Å². The molecule has 4 heteroatoms. The second-order valence-corrected chi connectivity index (χ2v) is 12.4. The minimum atomic E-state index is -0.454. The Morgan fingerprint density at radius 1 is 0.933 bits per heavy atom. The Labute approximate surface area is 183 Å². The molecule has 30 heavy (non-hydrogen) atoms. The Bertz CT molecular complexity index is 671. The summed E-state index contributed by atoms with van der Waals surface area (Å²) in [5.41, 5.74) is 0.167. The molecule has 1 aliphatic heterocycles. The number of aliphatic hydroxyl groups is 1. The number of fused-ring (bicyclic) bond motifs is 5. The number of ketones is 1. The van der Waals surface area contributed by atoms with Crippen molar-refractivity contribution in [1.29, 1.82) is 0 Å².